The van der Waals surface area contributed by atoms with E-state index < -0.39 is 5.60 Å². The van der Waals surface area contributed by atoms with Crippen LogP contribution in [-0.2, 0) is 22.6 Å². The fourth-order valence-electron chi connectivity index (χ4n) is 2.86. The van der Waals surface area contributed by atoms with Crippen LogP contribution in [0.4, 0.5) is 0 Å². The monoisotopic (exact) mass is 425 g/mol. The van der Waals surface area contributed by atoms with Crippen LogP contribution < -0.4 is 0 Å². The van der Waals surface area contributed by atoms with Crippen LogP contribution in [0.2, 0.25) is 0 Å². The Balaban J connectivity index is 1.42. The Morgan fingerprint density at radius 1 is 1.23 bits per heavy atom. The molecule has 0 aliphatic heterocycles. The molecule has 160 valence electrons. The lowest BCUT2D eigenvalue weighted by Crippen LogP contribution is -2.25. The van der Waals surface area contributed by atoms with Crippen LogP contribution in [0.3, 0.4) is 0 Å². The van der Waals surface area contributed by atoms with E-state index in [1.807, 2.05) is 32.1 Å². The summed E-state index contributed by atoms with van der Waals surface area (Å²) < 4.78 is 17.0. The number of allylic oxidation sites excluding steroid dienone is 1. The topological polar surface area (TPSA) is 34.8 Å². The molecule has 0 bridgehead atoms. The van der Waals surface area contributed by atoms with Crippen LogP contribution in [0, 0.1) is 11.8 Å². The van der Waals surface area contributed by atoms with Crippen molar-refractivity contribution in [1.82, 2.24) is 4.90 Å². The van der Waals surface area contributed by atoms with Crippen LogP contribution >= 0.6 is 11.3 Å². The summed E-state index contributed by atoms with van der Waals surface area (Å²) in [5.41, 5.74) is 0.804. The smallest absolute Gasteiger partial charge is 0.129 e. The van der Waals surface area contributed by atoms with Crippen molar-refractivity contribution < 1.29 is 13.9 Å². The maximum atomic E-state index is 5.97. The molecule has 4 nitrogen and oxygen atoms in total. The van der Waals surface area contributed by atoms with Crippen LogP contribution in [0.1, 0.15) is 43.8 Å². The number of hydrogen-bond acceptors (Lipinski definition) is 5. The van der Waals surface area contributed by atoms with Crippen molar-refractivity contribution in [3.63, 3.8) is 0 Å². The summed E-state index contributed by atoms with van der Waals surface area (Å²) in [5, 5.41) is 4.18. The molecule has 2 aromatic rings. The van der Waals surface area contributed by atoms with E-state index in [1.165, 1.54) is 18.4 Å². The van der Waals surface area contributed by atoms with Crippen molar-refractivity contribution >= 4 is 17.4 Å². The van der Waals surface area contributed by atoms with Gasteiger partial charge in [-0.3, -0.25) is 4.90 Å². The van der Waals surface area contributed by atoms with Gasteiger partial charge in [-0.1, -0.05) is 30.1 Å². The van der Waals surface area contributed by atoms with Crippen LogP contribution in [-0.4, -0.2) is 36.8 Å². The molecule has 2 aromatic heterocycles. The van der Waals surface area contributed by atoms with Gasteiger partial charge in [0.2, 0.25) is 0 Å². The highest BCUT2D eigenvalue weighted by Crippen LogP contribution is 2.28. The van der Waals surface area contributed by atoms with Gasteiger partial charge in [-0.15, -0.1) is 0 Å². The van der Waals surface area contributed by atoms with Crippen LogP contribution in [0.15, 0.2) is 51.6 Å². The Morgan fingerprint density at radius 2 is 2.07 bits per heavy atom. The third-order valence-electron chi connectivity index (χ3n) is 4.88. The first-order valence-corrected chi connectivity index (χ1v) is 11.3. The number of rotatable bonds is 11. The predicted molar refractivity (Wildman–Crippen MR) is 123 cm³/mol. The van der Waals surface area contributed by atoms with E-state index in [4.69, 9.17) is 13.9 Å². The Hall–Kier alpha value is -2.10. The van der Waals surface area contributed by atoms with E-state index in [2.05, 4.69) is 51.8 Å². The first-order chi connectivity index (χ1) is 14.6. The largest absolute Gasteiger partial charge is 0.462 e. The normalized spacial score (nSPS) is 14.7. The maximum absolute atomic E-state index is 5.97. The molecule has 1 aliphatic rings. The van der Waals surface area contributed by atoms with E-state index in [9.17, 15) is 0 Å². The SMILES string of the molecule is COC(C)(C)C#CC=CCN(Cc1ccc(COCC=Cc2ccsc2)o1)C1CC1. The fraction of sp³-hybridized carbons (Fsp3) is 0.440. The van der Waals surface area contributed by atoms with Crippen molar-refractivity contribution in [3.8, 4) is 11.8 Å². The number of thiophene rings is 1. The molecule has 0 saturated heterocycles. The molecule has 30 heavy (non-hydrogen) atoms. The molecule has 0 amide bonds. The zero-order valence-electron chi connectivity index (χ0n) is 18.1. The predicted octanol–water partition coefficient (Wildman–Crippen LogP) is 5.52. The Kier molecular flexibility index (Phi) is 8.53. The van der Waals surface area contributed by atoms with Gasteiger partial charge >= 0.3 is 0 Å². The minimum atomic E-state index is -0.410. The van der Waals surface area contributed by atoms with Gasteiger partial charge in [-0.2, -0.15) is 11.3 Å². The Labute approximate surface area is 184 Å². The van der Waals surface area contributed by atoms with Crippen molar-refractivity contribution in [2.45, 2.75) is 51.5 Å². The number of ether oxygens (including phenoxy) is 2. The fourth-order valence-corrected chi connectivity index (χ4v) is 3.49. The summed E-state index contributed by atoms with van der Waals surface area (Å²) in [6.45, 7) is 6.66. The first kappa shape index (κ1) is 22.6. The second-order valence-corrected chi connectivity index (χ2v) is 8.67. The number of nitrogens with zero attached hydrogens (tertiary/aromatic N) is 1. The van der Waals surface area contributed by atoms with E-state index in [-0.39, 0.29) is 0 Å². The van der Waals surface area contributed by atoms with Gasteiger partial charge in [0.25, 0.3) is 0 Å². The number of hydrogen-bond donors (Lipinski definition) is 0. The third-order valence-corrected chi connectivity index (χ3v) is 5.58. The van der Waals surface area contributed by atoms with Gasteiger partial charge in [0.1, 0.15) is 23.7 Å². The zero-order chi connectivity index (χ0) is 21.2. The van der Waals surface area contributed by atoms with Gasteiger partial charge in [0.15, 0.2) is 0 Å². The molecular weight excluding hydrogens is 394 g/mol. The molecule has 1 aliphatic carbocycles. The van der Waals surface area contributed by atoms with Crippen LogP contribution in [0.25, 0.3) is 6.08 Å². The number of furan rings is 1. The molecule has 0 radical (unpaired) electrons. The molecule has 5 heteroatoms. The zero-order valence-corrected chi connectivity index (χ0v) is 18.9. The van der Waals surface area contributed by atoms with Crippen molar-refractivity contribution in [1.29, 1.82) is 0 Å². The molecule has 2 heterocycles. The summed E-state index contributed by atoms with van der Waals surface area (Å²) in [5.74, 6) is 8.03. The second kappa shape index (κ2) is 11.3. The van der Waals surface area contributed by atoms with E-state index in [0.29, 0.717) is 19.3 Å². The van der Waals surface area contributed by atoms with Gasteiger partial charge in [-0.25, -0.2) is 0 Å². The molecule has 0 atom stereocenters. The minimum absolute atomic E-state index is 0.410. The van der Waals surface area contributed by atoms with E-state index in [1.54, 1.807) is 18.4 Å². The minimum Gasteiger partial charge on any atom is -0.462 e. The lowest BCUT2D eigenvalue weighted by Gasteiger charge is -2.18. The van der Waals surface area contributed by atoms with Gasteiger partial charge < -0.3 is 13.9 Å². The molecule has 0 aromatic carbocycles. The molecule has 1 saturated carbocycles. The molecule has 3 rings (SSSR count). The average molecular weight is 426 g/mol. The first-order valence-electron chi connectivity index (χ1n) is 10.4. The maximum Gasteiger partial charge on any atom is 0.129 e. The number of methoxy groups -OCH3 is 1. The second-order valence-electron chi connectivity index (χ2n) is 7.89. The Bertz CT molecular complexity index is 879. The Morgan fingerprint density at radius 3 is 2.80 bits per heavy atom. The summed E-state index contributed by atoms with van der Waals surface area (Å²) in [7, 11) is 1.68. The van der Waals surface area contributed by atoms with Gasteiger partial charge in [-0.05, 0) is 67.3 Å². The lowest BCUT2D eigenvalue weighted by atomic mass is 10.1. The standard InChI is InChI=1S/C25H31NO3S/c1-25(2,27-3)14-5-4-6-15-26(22-9-10-22)18-23-11-12-24(29-23)19-28-16-7-8-21-13-17-30-20-21/h4,6-8,11-13,17,20,22H,9-10,15-16,18-19H2,1-3H3. The quantitative estimate of drug-likeness (QED) is 0.351. The molecule has 0 unspecified atom stereocenters. The van der Waals surface area contributed by atoms with E-state index in [0.717, 1.165) is 24.6 Å². The lowest BCUT2D eigenvalue weighted by molar-refractivity contribution is 0.0742. The van der Waals surface area contributed by atoms with Gasteiger partial charge in [0, 0.05) is 19.7 Å². The van der Waals surface area contributed by atoms with Crippen molar-refractivity contribution in [2.24, 2.45) is 0 Å². The molecule has 0 N–H and O–H groups in total. The van der Waals surface area contributed by atoms with Crippen molar-refractivity contribution in [3.05, 3.63) is 64.3 Å². The molecular formula is C25H31NO3S. The average Bonchev–Trinajstić information content (AvgIpc) is 3.26. The highest BCUT2D eigenvalue weighted by atomic mass is 32.1. The summed E-state index contributed by atoms with van der Waals surface area (Å²) in [4.78, 5) is 2.44. The summed E-state index contributed by atoms with van der Waals surface area (Å²) in [6.07, 6.45) is 10.6. The summed E-state index contributed by atoms with van der Waals surface area (Å²) in [6, 6.07) is 6.80. The van der Waals surface area contributed by atoms with E-state index >= 15 is 0 Å². The van der Waals surface area contributed by atoms with Crippen molar-refractivity contribution in [2.75, 3.05) is 20.3 Å². The highest BCUT2D eigenvalue weighted by molar-refractivity contribution is 7.08. The highest BCUT2D eigenvalue weighted by Gasteiger charge is 2.28. The summed E-state index contributed by atoms with van der Waals surface area (Å²) >= 11 is 1.70. The van der Waals surface area contributed by atoms with Crippen LogP contribution in [0.5, 0.6) is 0 Å². The van der Waals surface area contributed by atoms with Gasteiger partial charge in [0.05, 0.1) is 13.2 Å². The molecule has 0 spiro atoms. The molecule has 1 fully saturated rings. The third kappa shape index (κ3) is 7.97.